The molecule has 106 valence electrons. The molecule has 3 unspecified atom stereocenters. The molecule has 0 bridgehead atoms. The molecule has 0 aromatic carbocycles. The number of hydrogen-bond donors (Lipinski definition) is 2. The molecule has 1 aliphatic carbocycles. The third kappa shape index (κ3) is 3.14. The van der Waals surface area contributed by atoms with E-state index in [-0.39, 0.29) is 12.1 Å². The zero-order chi connectivity index (χ0) is 13.7. The van der Waals surface area contributed by atoms with Gasteiger partial charge in [0.15, 0.2) is 0 Å². The van der Waals surface area contributed by atoms with Gasteiger partial charge in [-0.3, -0.25) is 16.3 Å². The molecule has 3 atom stereocenters. The normalized spacial score (nSPS) is 21.7. The first-order valence-electron chi connectivity index (χ1n) is 7.33. The Morgan fingerprint density at radius 1 is 1.53 bits per heavy atom. The number of aromatic nitrogens is 1. The van der Waals surface area contributed by atoms with Gasteiger partial charge in [0, 0.05) is 24.4 Å². The number of nitrogens with one attached hydrogen (secondary N) is 1. The molecular formula is C15H25N3O. The summed E-state index contributed by atoms with van der Waals surface area (Å²) in [5, 5.41) is 0. The Labute approximate surface area is 115 Å². The van der Waals surface area contributed by atoms with Crippen LogP contribution in [-0.4, -0.2) is 23.7 Å². The fourth-order valence-corrected chi connectivity index (χ4v) is 3.17. The summed E-state index contributed by atoms with van der Waals surface area (Å²) >= 11 is 0. The standard InChI is InChI=1S/C15H25N3O/c1-3-13(19-4-2)15(18-16)12-9-5-7-11-8-6-10-17-14(11)12/h6,8,10,12-13,15,18H,3-5,7,9,16H2,1-2H3. The number of rotatable bonds is 6. The summed E-state index contributed by atoms with van der Waals surface area (Å²) in [4.78, 5) is 4.60. The van der Waals surface area contributed by atoms with Crippen molar-refractivity contribution in [3.05, 3.63) is 29.6 Å². The summed E-state index contributed by atoms with van der Waals surface area (Å²) < 4.78 is 5.84. The molecule has 0 amide bonds. The van der Waals surface area contributed by atoms with Crippen LogP contribution in [-0.2, 0) is 11.2 Å². The zero-order valence-electron chi connectivity index (χ0n) is 11.9. The molecule has 0 spiro atoms. The van der Waals surface area contributed by atoms with Gasteiger partial charge in [-0.25, -0.2) is 0 Å². The maximum Gasteiger partial charge on any atom is 0.0745 e. The molecule has 0 saturated heterocycles. The molecule has 0 radical (unpaired) electrons. The van der Waals surface area contributed by atoms with Crippen LogP contribution in [0.4, 0.5) is 0 Å². The number of ether oxygens (including phenoxy) is 1. The van der Waals surface area contributed by atoms with Crippen LogP contribution >= 0.6 is 0 Å². The summed E-state index contributed by atoms with van der Waals surface area (Å²) in [6.07, 6.45) is 6.44. The Morgan fingerprint density at radius 2 is 2.37 bits per heavy atom. The Morgan fingerprint density at radius 3 is 3.05 bits per heavy atom. The zero-order valence-corrected chi connectivity index (χ0v) is 11.9. The Kier molecular flexibility index (Phi) is 5.31. The second kappa shape index (κ2) is 6.98. The first-order valence-corrected chi connectivity index (χ1v) is 7.33. The van der Waals surface area contributed by atoms with Crippen LogP contribution in [0.15, 0.2) is 18.3 Å². The minimum Gasteiger partial charge on any atom is -0.377 e. The lowest BCUT2D eigenvalue weighted by Gasteiger charge is -2.35. The van der Waals surface area contributed by atoms with Gasteiger partial charge in [0.2, 0.25) is 0 Å². The first kappa shape index (κ1) is 14.4. The Balaban J connectivity index is 2.24. The van der Waals surface area contributed by atoms with E-state index >= 15 is 0 Å². The lowest BCUT2D eigenvalue weighted by molar-refractivity contribution is 0.0222. The summed E-state index contributed by atoms with van der Waals surface area (Å²) in [6.45, 7) is 4.90. The van der Waals surface area contributed by atoms with Crippen LogP contribution in [0.3, 0.4) is 0 Å². The summed E-state index contributed by atoms with van der Waals surface area (Å²) in [5.74, 6) is 6.16. The van der Waals surface area contributed by atoms with Crippen molar-refractivity contribution in [1.29, 1.82) is 0 Å². The van der Waals surface area contributed by atoms with E-state index in [9.17, 15) is 0 Å². The summed E-state index contributed by atoms with van der Waals surface area (Å²) in [7, 11) is 0. The number of pyridine rings is 1. The van der Waals surface area contributed by atoms with E-state index in [0.717, 1.165) is 25.9 Å². The summed E-state index contributed by atoms with van der Waals surface area (Å²) in [5.41, 5.74) is 5.55. The predicted molar refractivity (Wildman–Crippen MR) is 76.7 cm³/mol. The lowest BCUT2D eigenvalue weighted by atomic mass is 9.80. The van der Waals surface area contributed by atoms with Crippen molar-refractivity contribution in [1.82, 2.24) is 10.4 Å². The minimum atomic E-state index is 0.138. The fourth-order valence-electron chi connectivity index (χ4n) is 3.17. The van der Waals surface area contributed by atoms with Gasteiger partial charge in [-0.1, -0.05) is 13.0 Å². The van der Waals surface area contributed by atoms with Gasteiger partial charge >= 0.3 is 0 Å². The van der Waals surface area contributed by atoms with Crippen LogP contribution < -0.4 is 11.3 Å². The van der Waals surface area contributed by atoms with Crippen molar-refractivity contribution < 1.29 is 4.74 Å². The molecular weight excluding hydrogens is 238 g/mol. The van der Waals surface area contributed by atoms with Gasteiger partial charge in [0.25, 0.3) is 0 Å². The van der Waals surface area contributed by atoms with E-state index in [0.29, 0.717) is 5.92 Å². The van der Waals surface area contributed by atoms with E-state index < -0.39 is 0 Å². The average molecular weight is 263 g/mol. The first-order chi connectivity index (χ1) is 9.31. The monoisotopic (exact) mass is 263 g/mol. The molecule has 1 heterocycles. The van der Waals surface area contributed by atoms with Gasteiger partial charge in [-0.05, 0) is 44.2 Å². The average Bonchev–Trinajstić information content (AvgIpc) is 2.47. The minimum absolute atomic E-state index is 0.138. The van der Waals surface area contributed by atoms with Gasteiger partial charge in [0.05, 0.1) is 12.1 Å². The highest BCUT2D eigenvalue weighted by atomic mass is 16.5. The second-order valence-electron chi connectivity index (χ2n) is 5.14. The van der Waals surface area contributed by atoms with E-state index in [4.69, 9.17) is 10.6 Å². The van der Waals surface area contributed by atoms with Gasteiger partial charge in [-0.2, -0.15) is 0 Å². The van der Waals surface area contributed by atoms with E-state index in [1.165, 1.54) is 17.7 Å². The summed E-state index contributed by atoms with van der Waals surface area (Å²) in [6, 6.07) is 4.34. The van der Waals surface area contributed by atoms with Crippen molar-refractivity contribution >= 4 is 0 Å². The van der Waals surface area contributed by atoms with Crippen LogP contribution in [0.5, 0.6) is 0 Å². The maximum absolute atomic E-state index is 5.84. The van der Waals surface area contributed by atoms with Crippen LogP contribution in [0, 0.1) is 0 Å². The number of hydrogen-bond acceptors (Lipinski definition) is 4. The van der Waals surface area contributed by atoms with Crippen molar-refractivity contribution in [2.24, 2.45) is 5.84 Å². The smallest absolute Gasteiger partial charge is 0.0745 e. The molecule has 2 rings (SSSR count). The van der Waals surface area contributed by atoms with Crippen molar-refractivity contribution in [3.63, 3.8) is 0 Å². The quantitative estimate of drug-likeness (QED) is 0.610. The molecule has 4 nitrogen and oxygen atoms in total. The van der Waals surface area contributed by atoms with Crippen molar-refractivity contribution in [2.75, 3.05) is 6.61 Å². The van der Waals surface area contributed by atoms with Gasteiger partial charge < -0.3 is 4.74 Å². The van der Waals surface area contributed by atoms with E-state index in [1.54, 1.807) is 0 Å². The molecule has 0 fully saturated rings. The number of fused-ring (bicyclic) bond motifs is 1. The van der Waals surface area contributed by atoms with Crippen molar-refractivity contribution in [3.8, 4) is 0 Å². The van der Waals surface area contributed by atoms with Gasteiger partial charge in [0.1, 0.15) is 0 Å². The van der Waals surface area contributed by atoms with Crippen molar-refractivity contribution in [2.45, 2.75) is 57.6 Å². The molecule has 3 N–H and O–H groups in total. The van der Waals surface area contributed by atoms with E-state index in [2.05, 4.69) is 23.4 Å². The maximum atomic E-state index is 5.84. The highest BCUT2D eigenvalue weighted by Gasteiger charge is 2.33. The highest BCUT2D eigenvalue weighted by Crippen LogP contribution is 2.34. The fraction of sp³-hybridized carbons (Fsp3) is 0.667. The molecule has 1 aromatic heterocycles. The number of aryl methyl sites for hydroxylation is 1. The van der Waals surface area contributed by atoms with Crippen LogP contribution in [0.1, 0.15) is 50.3 Å². The SMILES string of the molecule is CCOC(CC)C(NN)C1CCCc2cccnc21. The molecule has 4 heteroatoms. The topological polar surface area (TPSA) is 60.2 Å². The van der Waals surface area contributed by atoms with Gasteiger partial charge in [-0.15, -0.1) is 0 Å². The Bertz CT molecular complexity index is 397. The number of hydrazine groups is 1. The molecule has 1 aliphatic rings. The third-order valence-electron chi connectivity index (χ3n) is 4.05. The molecule has 0 saturated carbocycles. The number of nitrogens with two attached hydrogens (primary N) is 1. The Hall–Kier alpha value is -0.970. The molecule has 0 aliphatic heterocycles. The predicted octanol–water partition coefficient (Wildman–Crippen LogP) is 2.15. The van der Waals surface area contributed by atoms with Crippen LogP contribution in [0.25, 0.3) is 0 Å². The number of nitrogens with zero attached hydrogens (tertiary/aromatic N) is 1. The van der Waals surface area contributed by atoms with E-state index in [1.807, 2.05) is 19.2 Å². The van der Waals surface area contributed by atoms with Crippen LogP contribution in [0.2, 0.25) is 0 Å². The third-order valence-corrected chi connectivity index (χ3v) is 4.05. The largest absolute Gasteiger partial charge is 0.377 e. The molecule has 1 aromatic rings. The molecule has 19 heavy (non-hydrogen) atoms. The lowest BCUT2D eigenvalue weighted by Crippen LogP contribution is -2.49. The highest BCUT2D eigenvalue weighted by molar-refractivity contribution is 5.27. The second-order valence-corrected chi connectivity index (χ2v) is 5.14.